The third-order valence-electron chi connectivity index (χ3n) is 4.82. The molecule has 0 radical (unpaired) electrons. The number of carbonyl (C=O) groups is 1. The molecule has 2 aromatic carbocycles. The summed E-state index contributed by atoms with van der Waals surface area (Å²) in [6.07, 6.45) is 2.82. The van der Waals surface area contributed by atoms with Crippen LogP contribution in [0.3, 0.4) is 0 Å². The van der Waals surface area contributed by atoms with Crippen LogP contribution in [0.4, 0.5) is 0 Å². The molecule has 0 fully saturated rings. The summed E-state index contributed by atoms with van der Waals surface area (Å²) in [5, 5.41) is 13.8. The molecule has 3 rings (SSSR count). The first-order valence-corrected chi connectivity index (χ1v) is 9.63. The highest BCUT2D eigenvalue weighted by Gasteiger charge is 2.14. The lowest BCUT2D eigenvalue weighted by Crippen LogP contribution is -2.25. The van der Waals surface area contributed by atoms with E-state index < -0.39 is 5.97 Å². The summed E-state index contributed by atoms with van der Waals surface area (Å²) in [7, 11) is 0. The van der Waals surface area contributed by atoms with Gasteiger partial charge in [0.15, 0.2) is 0 Å². The number of rotatable bonds is 8. The average Bonchev–Trinajstić information content (AvgIpc) is 3.01. The summed E-state index contributed by atoms with van der Waals surface area (Å²) in [6.45, 7) is 5.04. The maximum absolute atomic E-state index is 12.6. The minimum Gasteiger partial charge on any atom is -0.478 e. The van der Waals surface area contributed by atoms with E-state index in [1.165, 1.54) is 4.68 Å². The fourth-order valence-corrected chi connectivity index (χ4v) is 3.26. The molecule has 0 atom stereocenters. The molecule has 146 valence electrons. The molecule has 0 unspecified atom stereocenters. The summed E-state index contributed by atoms with van der Waals surface area (Å²) >= 11 is 0. The van der Waals surface area contributed by atoms with E-state index in [0.29, 0.717) is 18.7 Å². The molecule has 3 aromatic rings. The highest BCUT2D eigenvalue weighted by Crippen LogP contribution is 2.24. The maximum Gasteiger partial charge on any atom is 0.346 e. The van der Waals surface area contributed by atoms with E-state index in [1.807, 2.05) is 37.3 Å². The third-order valence-corrected chi connectivity index (χ3v) is 4.82. The predicted octanol–water partition coefficient (Wildman–Crippen LogP) is 3.82. The Balaban J connectivity index is 1.89. The Bertz CT molecular complexity index is 1020. The van der Waals surface area contributed by atoms with E-state index in [1.54, 1.807) is 22.8 Å². The van der Waals surface area contributed by atoms with Gasteiger partial charge < -0.3 is 5.11 Å². The Morgan fingerprint density at radius 3 is 2.43 bits per heavy atom. The summed E-state index contributed by atoms with van der Waals surface area (Å²) in [6, 6.07) is 14.6. The number of carboxylic acids is 1. The first-order valence-electron chi connectivity index (χ1n) is 9.63. The minimum absolute atomic E-state index is 0.0890. The van der Waals surface area contributed by atoms with Crippen LogP contribution in [-0.2, 0) is 19.5 Å². The van der Waals surface area contributed by atoms with Gasteiger partial charge in [0.05, 0.1) is 12.1 Å². The lowest BCUT2D eigenvalue weighted by Gasteiger charge is -2.09. The molecule has 6 heteroatoms. The smallest absolute Gasteiger partial charge is 0.346 e. The van der Waals surface area contributed by atoms with Gasteiger partial charge in [-0.15, -0.1) is 0 Å². The number of aryl methyl sites for hydroxylation is 2. The van der Waals surface area contributed by atoms with Crippen LogP contribution >= 0.6 is 0 Å². The van der Waals surface area contributed by atoms with Crippen LogP contribution in [0.15, 0.2) is 53.3 Å². The quantitative estimate of drug-likeness (QED) is 0.645. The molecule has 1 heterocycles. The van der Waals surface area contributed by atoms with Gasteiger partial charge in [-0.25, -0.2) is 14.3 Å². The molecule has 0 bridgehead atoms. The Morgan fingerprint density at radius 1 is 1.07 bits per heavy atom. The van der Waals surface area contributed by atoms with Gasteiger partial charge in [0.1, 0.15) is 5.82 Å². The maximum atomic E-state index is 12.6. The molecule has 28 heavy (non-hydrogen) atoms. The highest BCUT2D eigenvalue weighted by molar-refractivity contribution is 5.95. The fraction of sp³-hybridized carbons (Fsp3) is 0.318. The zero-order valence-corrected chi connectivity index (χ0v) is 16.3. The number of hydrogen-bond acceptors (Lipinski definition) is 3. The molecule has 0 spiro atoms. The van der Waals surface area contributed by atoms with Gasteiger partial charge in [-0.2, -0.15) is 5.10 Å². The van der Waals surface area contributed by atoms with Crippen molar-refractivity contribution in [3.8, 4) is 11.1 Å². The fourth-order valence-electron chi connectivity index (χ4n) is 3.26. The van der Waals surface area contributed by atoms with Gasteiger partial charge >= 0.3 is 11.7 Å². The molecule has 0 amide bonds. The number of aromatic carboxylic acids is 1. The van der Waals surface area contributed by atoms with E-state index >= 15 is 0 Å². The first kappa shape index (κ1) is 19.6. The Kier molecular flexibility index (Phi) is 6.09. The van der Waals surface area contributed by atoms with Gasteiger partial charge in [-0.05, 0) is 36.1 Å². The van der Waals surface area contributed by atoms with Crippen molar-refractivity contribution in [3.05, 3.63) is 76.0 Å². The molecule has 1 aromatic heterocycles. The molecule has 6 nitrogen and oxygen atoms in total. The van der Waals surface area contributed by atoms with Gasteiger partial charge in [0.25, 0.3) is 0 Å². The Morgan fingerprint density at radius 2 is 1.79 bits per heavy atom. The van der Waals surface area contributed by atoms with Crippen molar-refractivity contribution < 1.29 is 9.90 Å². The molecule has 0 aliphatic carbocycles. The van der Waals surface area contributed by atoms with Crippen molar-refractivity contribution in [2.24, 2.45) is 0 Å². The van der Waals surface area contributed by atoms with Crippen molar-refractivity contribution >= 4 is 5.97 Å². The van der Waals surface area contributed by atoms with Crippen molar-refractivity contribution in [3.63, 3.8) is 0 Å². The number of nitrogens with zero attached hydrogens (tertiary/aromatic N) is 3. The first-order chi connectivity index (χ1) is 13.5. The molecule has 0 saturated carbocycles. The van der Waals surface area contributed by atoms with E-state index in [2.05, 4.69) is 12.0 Å². The van der Waals surface area contributed by atoms with Gasteiger partial charge in [-0.3, -0.25) is 4.57 Å². The molecular weight excluding hydrogens is 354 g/mol. The molecule has 1 N–H and O–H groups in total. The molecular formula is C22H25N3O3. The van der Waals surface area contributed by atoms with Gasteiger partial charge in [-0.1, -0.05) is 55.8 Å². The molecule has 0 saturated heterocycles. The van der Waals surface area contributed by atoms with Crippen LogP contribution in [0.25, 0.3) is 11.1 Å². The third kappa shape index (κ3) is 4.06. The van der Waals surface area contributed by atoms with Crippen LogP contribution in [0.5, 0.6) is 0 Å². The summed E-state index contributed by atoms with van der Waals surface area (Å²) in [5.41, 5.74) is 2.68. The van der Waals surface area contributed by atoms with E-state index in [-0.39, 0.29) is 11.3 Å². The van der Waals surface area contributed by atoms with Crippen LogP contribution < -0.4 is 5.69 Å². The Labute approximate surface area is 164 Å². The average molecular weight is 379 g/mol. The van der Waals surface area contributed by atoms with E-state index in [0.717, 1.165) is 36.2 Å². The van der Waals surface area contributed by atoms with E-state index in [4.69, 9.17) is 0 Å². The lowest BCUT2D eigenvalue weighted by molar-refractivity contribution is 0.0697. The second-order valence-electron chi connectivity index (χ2n) is 6.75. The zero-order valence-electron chi connectivity index (χ0n) is 16.3. The predicted molar refractivity (Wildman–Crippen MR) is 109 cm³/mol. The molecule has 0 aliphatic heterocycles. The minimum atomic E-state index is -0.946. The van der Waals surface area contributed by atoms with Crippen LogP contribution in [0, 0.1) is 0 Å². The lowest BCUT2D eigenvalue weighted by atomic mass is 9.99. The number of unbranched alkanes of at least 4 members (excludes halogenated alkanes) is 1. The largest absolute Gasteiger partial charge is 0.478 e. The zero-order chi connectivity index (χ0) is 20.1. The number of hydrogen-bond donors (Lipinski definition) is 1. The SMILES string of the molecule is CCCCc1nn(CC)c(=O)n1Cc1ccc(-c2ccccc2C(=O)O)cc1. The summed E-state index contributed by atoms with van der Waals surface area (Å²) < 4.78 is 3.24. The molecule has 0 aliphatic rings. The Hall–Kier alpha value is -3.15. The standard InChI is InChI=1S/C22H25N3O3/c1-3-5-10-20-23-25(4-2)22(28)24(20)15-16-11-13-17(14-12-16)18-8-6-7-9-19(18)21(26)27/h6-9,11-14H,3-5,10,15H2,1-2H3,(H,26,27). The van der Waals surface area contributed by atoms with Crippen LogP contribution in [-0.4, -0.2) is 25.4 Å². The second kappa shape index (κ2) is 8.69. The van der Waals surface area contributed by atoms with Crippen molar-refractivity contribution in [1.29, 1.82) is 0 Å². The number of benzene rings is 2. The van der Waals surface area contributed by atoms with E-state index in [9.17, 15) is 14.7 Å². The van der Waals surface area contributed by atoms with Crippen molar-refractivity contribution in [1.82, 2.24) is 14.3 Å². The number of carboxylic acid groups (broad SMARTS) is 1. The summed E-state index contributed by atoms with van der Waals surface area (Å²) in [5.74, 6) is -0.132. The van der Waals surface area contributed by atoms with Crippen molar-refractivity contribution in [2.75, 3.05) is 0 Å². The highest BCUT2D eigenvalue weighted by atomic mass is 16.4. The van der Waals surface area contributed by atoms with Gasteiger partial charge in [0.2, 0.25) is 0 Å². The topological polar surface area (TPSA) is 77.1 Å². The summed E-state index contributed by atoms with van der Waals surface area (Å²) in [4.78, 5) is 24.0. The monoisotopic (exact) mass is 379 g/mol. The second-order valence-corrected chi connectivity index (χ2v) is 6.75. The van der Waals surface area contributed by atoms with Crippen LogP contribution in [0.2, 0.25) is 0 Å². The van der Waals surface area contributed by atoms with Crippen molar-refractivity contribution in [2.45, 2.75) is 46.2 Å². The van der Waals surface area contributed by atoms with Gasteiger partial charge in [0, 0.05) is 13.0 Å². The normalized spacial score (nSPS) is 10.9. The number of aromatic nitrogens is 3. The van der Waals surface area contributed by atoms with Crippen LogP contribution in [0.1, 0.15) is 48.4 Å².